The number of benzene rings is 2. The molecule has 0 aliphatic carbocycles. The Hall–Kier alpha value is -2.62. The Labute approximate surface area is 123 Å². The van der Waals surface area contributed by atoms with Crippen molar-refractivity contribution >= 4 is 17.0 Å². The second-order valence-corrected chi connectivity index (χ2v) is 4.96. The van der Waals surface area contributed by atoms with Gasteiger partial charge in [0.25, 0.3) is 0 Å². The second kappa shape index (κ2) is 5.40. The Morgan fingerprint density at radius 1 is 1.19 bits per heavy atom. The molecule has 4 heteroatoms. The Bertz CT molecular complexity index is 805. The second-order valence-electron chi connectivity index (χ2n) is 4.96. The number of hydrogen-bond acceptors (Lipinski definition) is 3. The molecule has 0 atom stereocenters. The van der Waals surface area contributed by atoms with E-state index in [0.717, 1.165) is 28.0 Å². The van der Waals surface area contributed by atoms with Crippen LogP contribution in [0.25, 0.3) is 22.4 Å². The molecule has 0 radical (unpaired) electrons. The smallest absolute Gasteiger partial charge is 0.325 e. The Kier molecular flexibility index (Phi) is 3.44. The molecular formula is C17H16N2O2. The third-order valence-electron chi connectivity index (χ3n) is 3.45. The fraction of sp³-hybridized carbons (Fsp3) is 0.176. The quantitative estimate of drug-likeness (QED) is 0.692. The van der Waals surface area contributed by atoms with Crippen molar-refractivity contribution in [2.75, 3.05) is 7.11 Å². The van der Waals surface area contributed by atoms with Crippen molar-refractivity contribution in [3.63, 3.8) is 0 Å². The molecule has 106 valence electrons. The minimum Gasteiger partial charge on any atom is -0.468 e. The van der Waals surface area contributed by atoms with Gasteiger partial charge in [-0.05, 0) is 25.1 Å². The molecule has 0 saturated heterocycles. The summed E-state index contributed by atoms with van der Waals surface area (Å²) in [5.74, 6) is 0.498. The maximum absolute atomic E-state index is 11.7. The molecule has 0 spiro atoms. The number of aromatic nitrogens is 2. The molecule has 1 heterocycles. The van der Waals surface area contributed by atoms with Crippen LogP contribution in [0.5, 0.6) is 0 Å². The summed E-state index contributed by atoms with van der Waals surface area (Å²) < 4.78 is 6.70. The van der Waals surface area contributed by atoms with Gasteiger partial charge in [0, 0.05) is 5.56 Å². The van der Waals surface area contributed by atoms with Crippen LogP contribution < -0.4 is 0 Å². The van der Waals surface area contributed by atoms with Crippen LogP contribution in [0.3, 0.4) is 0 Å². The summed E-state index contributed by atoms with van der Waals surface area (Å²) in [7, 11) is 1.40. The standard InChI is InChI=1S/C17H16N2O2/c1-12-6-5-7-13(10-12)17-18-14-8-3-4-9-15(14)19(17)11-16(20)21-2/h3-10H,11H2,1-2H3. The highest BCUT2D eigenvalue weighted by atomic mass is 16.5. The number of methoxy groups -OCH3 is 1. The topological polar surface area (TPSA) is 44.1 Å². The molecule has 0 saturated carbocycles. The van der Waals surface area contributed by atoms with E-state index < -0.39 is 0 Å². The summed E-state index contributed by atoms with van der Waals surface area (Å²) in [6, 6.07) is 15.9. The first kappa shape index (κ1) is 13.4. The van der Waals surface area contributed by atoms with Crippen LogP contribution in [0.15, 0.2) is 48.5 Å². The lowest BCUT2D eigenvalue weighted by Gasteiger charge is -2.08. The van der Waals surface area contributed by atoms with Crippen LogP contribution in [0.2, 0.25) is 0 Å². The molecular weight excluding hydrogens is 264 g/mol. The van der Waals surface area contributed by atoms with Crippen molar-refractivity contribution < 1.29 is 9.53 Å². The van der Waals surface area contributed by atoms with Gasteiger partial charge < -0.3 is 9.30 Å². The van der Waals surface area contributed by atoms with E-state index in [0.29, 0.717) is 0 Å². The van der Waals surface area contributed by atoms with Crippen molar-refractivity contribution in [3.8, 4) is 11.4 Å². The third-order valence-corrected chi connectivity index (χ3v) is 3.45. The fourth-order valence-electron chi connectivity index (χ4n) is 2.43. The lowest BCUT2D eigenvalue weighted by molar-refractivity contribution is -0.141. The molecule has 1 aromatic heterocycles. The third kappa shape index (κ3) is 2.52. The number of carbonyl (C=O) groups excluding carboxylic acids is 1. The average molecular weight is 280 g/mol. The van der Waals surface area contributed by atoms with Gasteiger partial charge in [0.15, 0.2) is 0 Å². The molecule has 4 nitrogen and oxygen atoms in total. The normalized spacial score (nSPS) is 10.8. The van der Waals surface area contributed by atoms with Gasteiger partial charge in [-0.3, -0.25) is 4.79 Å². The van der Waals surface area contributed by atoms with Gasteiger partial charge in [-0.2, -0.15) is 0 Å². The summed E-state index contributed by atoms with van der Waals surface area (Å²) in [5.41, 5.74) is 3.96. The van der Waals surface area contributed by atoms with E-state index in [-0.39, 0.29) is 12.5 Å². The number of nitrogens with zero attached hydrogens (tertiary/aromatic N) is 2. The number of hydrogen-bond donors (Lipinski definition) is 0. The molecule has 0 unspecified atom stereocenters. The first-order valence-corrected chi connectivity index (χ1v) is 6.78. The van der Waals surface area contributed by atoms with E-state index in [4.69, 9.17) is 4.74 Å². The molecule has 0 N–H and O–H groups in total. The minimum atomic E-state index is -0.285. The van der Waals surface area contributed by atoms with Gasteiger partial charge in [-0.15, -0.1) is 0 Å². The van der Waals surface area contributed by atoms with Crippen LogP contribution in [0, 0.1) is 6.92 Å². The van der Waals surface area contributed by atoms with Gasteiger partial charge in [0.05, 0.1) is 18.1 Å². The van der Waals surface area contributed by atoms with Crippen LogP contribution >= 0.6 is 0 Å². The van der Waals surface area contributed by atoms with E-state index in [1.807, 2.05) is 54.0 Å². The maximum atomic E-state index is 11.7. The molecule has 21 heavy (non-hydrogen) atoms. The molecule has 3 aromatic rings. The van der Waals surface area contributed by atoms with Crippen molar-refractivity contribution in [2.45, 2.75) is 13.5 Å². The lowest BCUT2D eigenvalue weighted by Crippen LogP contribution is -2.12. The summed E-state index contributed by atoms with van der Waals surface area (Å²) in [4.78, 5) is 16.4. The van der Waals surface area contributed by atoms with Gasteiger partial charge in [-0.1, -0.05) is 35.9 Å². The molecule has 2 aromatic carbocycles. The van der Waals surface area contributed by atoms with Gasteiger partial charge in [0.2, 0.25) is 0 Å². The minimum absolute atomic E-state index is 0.153. The first-order valence-electron chi connectivity index (χ1n) is 6.78. The van der Waals surface area contributed by atoms with Gasteiger partial charge >= 0.3 is 5.97 Å². The van der Waals surface area contributed by atoms with Crippen LogP contribution in [-0.4, -0.2) is 22.6 Å². The maximum Gasteiger partial charge on any atom is 0.325 e. The van der Waals surface area contributed by atoms with Crippen molar-refractivity contribution in [1.29, 1.82) is 0 Å². The van der Waals surface area contributed by atoms with E-state index >= 15 is 0 Å². The van der Waals surface area contributed by atoms with Crippen molar-refractivity contribution in [2.24, 2.45) is 0 Å². The van der Waals surface area contributed by atoms with Gasteiger partial charge in [0.1, 0.15) is 12.4 Å². The van der Waals surface area contributed by atoms with Gasteiger partial charge in [-0.25, -0.2) is 4.98 Å². The monoisotopic (exact) mass is 280 g/mol. The summed E-state index contributed by atoms with van der Waals surface area (Å²) in [5, 5.41) is 0. The predicted molar refractivity (Wildman–Crippen MR) is 81.9 cm³/mol. The number of imidazole rings is 1. The number of fused-ring (bicyclic) bond motifs is 1. The molecule has 0 amide bonds. The molecule has 3 rings (SSSR count). The molecule has 0 bridgehead atoms. The van der Waals surface area contributed by atoms with Crippen LogP contribution in [0.4, 0.5) is 0 Å². The fourth-order valence-corrected chi connectivity index (χ4v) is 2.43. The number of ether oxygens (including phenoxy) is 1. The molecule has 0 aliphatic heterocycles. The number of carbonyl (C=O) groups is 1. The zero-order chi connectivity index (χ0) is 14.8. The highest BCUT2D eigenvalue weighted by Gasteiger charge is 2.15. The van der Waals surface area contributed by atoms with E-state index in [1.54, 1.807) is 0 Å². The Morgan fingerprint density at radius 2 is 2.00 bits per heavy atom. The summed E-state index contributed by atoms with van der Waals surface area (Å²) in [6.45, 7) is 2.19. The van der Waals surface area contributed by atoms with E-state index in [1.165, 1.54) is 7.11 Å². The van der Waals surface area contributed by atoms with E-state index in [9.17, 15) is 4.79 Å². The lowest BCUT2D eigenvalue weighted by atomic mass is 10.1. The first-order chi connectivity index (χ1) is 10.2. The van der Waals surface area contributed by atoms with E-state index in [2.05, 4.69) is 11.1 Å². The average Bonchev–Trinajstić information content (AvgIpc) is 2.86. The molecule has 0 aliphatic rings. The number of aryl methyl sites for hydroxylation is 1. The highest BCUT2D eigenvalue weighted by molar-refractivity contribution is 5.83. The van der Waals surface area contributed by atoms with Crippen LogP contribution in [0.1, 0.15) is 5.56 Å². The number of esters is 1. The zero-order valence-electron chi connectivity index (χ0n) is 12.0. The zero-order valence-corrected chi connectivity index (χ0v) is 12.0. The Morgan fingerprint density at radius 3 is 2.76 bits per heavy atom. The molecule has 0 fully saturated rings. The number of para-hydroxylation sites is 2. The largest absolute Gasteiger partial charge is 0.468 e. The predicted octanol–water partition coefficient (Wildman–Crippen LogP) is 3.18. The number of rotatable bonds is 3. The van der Waals surface area contributed by atoms with Crippen LogP contribution in [-0.2, 0) is 16.1 Å². The Balaban J connectivity index is 2.21. The summed E-state index contributed by atoms with van der Waals surface area (Å²) in [6.07, 6.45) is 0. The highest BCUT2D eigenvalue weighted by Crippen LogP contribution is 2.25. The van der Waals surface area contributed by atoms with Crippen molar-refractivity contribution in [3.05, 3.63) is 54.1 Å². The summed E-state index contributed by atoms with van der Waals surface area (Å²) >= 11 is 0. The van der Waals surface area contributed by atoms with Crippen molar-refractivity contribution in [1.82, 2.24) is 9.55 Å². The SMILES string of the molecule is COC(=O)Cn1c(-c2cccc(C)c2)nc2ccccc21.